The third kappa shape index (κ3) is 2.45. The number of carbonyl (C=O) groups excluding carboxylic acids is 1. The van der Waals surface area contributed by atoms with Gasteiger partial charge in [0.2, 0.25) is 0 Å². The third-order valence-corrected chi connectivity index (χ3v) is 3.90. The van der Waals surface area contributed by atoms with Crippen molar-refractivity contribution in [3.05, 3.63) is 39.9 Å². The molecule has 0 aliphatic carbocycles. The van der Waals surface area contributed by atoms with E-state index in [1.165, 1.54) is 0 Å². The van der Waals surface area contributed by atoms with Gasteiger partial charge in [-0.15, -0.1) is 0 Å². The second-order valence-corrected chi connectivity index (χ2v) is 5.10. The highest BCUT2D eigenvalue weighted by atomic mass is 35.5. The van der Waals surface area contributed by atoms with Gasteiger partial charge in [0, 0.05) is 23.5 Å². The molecule has 0 spiro atoms. The van der Waals surface area contributed by atoms with Crippen molar-refractivity contribution in [2.24, 2.45) is 0 Å². The van der Waals surface area contributed by atoms with Gasteiger partial charge in [-0.25, -0.2) is 0 Å². The van der Waals surface area contributed by atoms with Gasteiger partial charge < -0.3 is 4.57 Å². The summed E-state index contributed by atoms with van der Waals surface area (Å²) in [6, 6.07) is 1.95. The van der Waals surface area contributed by atoms with Crippen LogP contribution in [0.3, 0.4) is 0 Å². The molecule has 0 aliphatic rings. The van der Waals surface area contributed by atoms with Crippen LogP contribution in [0.2, 0.25) is 5.02 Å². The first kappa shape index (κ1) is 13.9. The molecule has 0 unspecified atom stereocenters. The summed E-state index contributed by atoms with van der Waals surface area (Å²) in [5.41, 5.74) is 3.71. The molecule has 0 radical (unpaired) electrons. The van der Waals surface area contributed by atoms with Crippen LogP contribution in [-0.2, 0) is 13.1 Å². The van der Waals surface area contributed by atoms with E-state index in [1.807, 2.05) is 26.8 Å². The van der Waals surface area contributed by atoms with Crippen LogP contribution in [0.15, 0.2) is 12.3 Å². The number of aryl methyl sites for hydroxylation is 1. The van der Waals surface area contributed by atoms with Crippen LogP contribution in [0, 0.1) is 20.8 Å². The summed E-state index contributed by atoms with van der Waals surface area (Å²) in [5.74, 6) is 0.0654. The largest absolute Gasteiger partial charge is 0.349 e. The number of Topliss-reactive ketones (excluding diaryl/α,β-unsaturated/α-hetero) is 1. The lowest BCUT2D eigenvalue weighted by atomic mass is 10.1. The standard InChI is InChI=1S/C14H18ClN3O/c1-5-17-9(2)6-12(10(17)3)14(19)8-18-11(4)13(15)7-16-18/h6-7H,5,8H2,1-4H3. The fraction of sp³-hybridized carbons (Fsp3) is 0.429. The van der Waals surface area contributed by atoms with Crippen LogP contribution in [-0.4, -0.2) is 20.1 Å². The summed E-state index contributed by atoms with van der Waals surface area (Å²) in [5, 5.41) is 4.71. The van der Waals surface area contributed by atoms with Crippen molar-refractivity contribution in [3.63, 3.8) is 0 Å². The van der Waals surface area contributed by atoms with Gasteiger partial charge in [-0.3, -0.25) is 9.48 Å². The Bertz CT molecular complexity index is 625. The molecule has 0 N–H and O–H groups in total. The molecular formula is C14H18ClN3O. The predicted molar refractivity (Wildman–Crippen MR) is 75.9 cm³/mol. The molecule has 0 aliphatic heterocycles. The maximum Gasteiger partial charge on any atom is 0.186 e. The van der Waals surface area contributed by atoms with Crippen molar-refractivity contribution in [2.75, 3.05) is 0 Å². The number of aromatic nitrogens is 3. The Morgan fingerprint density at radius 2 is 2.00 bits per heavy atom. The summed E-state index contributed by atoms with van der Waals surface area (Å²) in [7, 11) is 0. The number of carbonyl (C=O) groups is 1. The molecule has 0 aromatic carbocycles. The van der Waals surface area contributed by atoms with Gasteiger partial charge in [0.25, 0.3) is 0 Å². The van der Waals surface area contributed by atoms with Gasteiger partial charge in [-0.05, 0) is 33.8 Å². The number of hydrogen-bond acceptors (Lipinski definition) is 2. The van der Waals surface area contributed by atoms with Gasteiger partial charge in [0.1, 0.15) is 6.54 Å². The third-order valence-electron chi connectivity index (χ3n) is 3.53. The quantitative estimate of drug-likeness (QED) is 0.807. The zero-order valence-electron chi connectivity index (χ0n) is 11.7. The van der Waals surface area contributed by atoms with Crippen LogP contribution < -0.4 is 0 Å². The maximum atomic E-state index is 12.4. The molecule has 0 atom stereocenters. The molecule has 2 aromatic rings. The van der Waals surface area contributed by atoms with E-state index in [0.717, 1.165) is 29.2 Å². The summed E-state index contributed by atoms with van der Waals surface area (Å²) in [4.78, 5) is 12.4. The van der Waals surface area contributed by atoms with Crippen molar-refractivity contribution in [1.82, 2.24) is 14.3 Å². The highest BCUT2D eigenvalue weighted by molar-refractivity contribution is 6.31. The number of rotatable bonds is 4. The fourth-order valence-corrected chi connectivity index (χ4v) is 2.52. The normalized spacial score (nSPS) is 11.0. The molecule has 0 bridgehead atoms. The van der Waals surface area contributed by atoms with Crippen molar-refractivity contribution in [3.8, 4) is 0 Å². The van der Waals surface area contributed by atoms with Gasteiger partial charge in [0.05, 0.1) is 16.9 Å². The number of nitrogens with zero attached hydrogens (tertiary/aromatic N) is 3. The van der Waals surface area contributed by atoms with Crippen LogP contribution in [0.4, 0.5) is 0 Å². The Hall–Kier alpha value is -1.55. The van der Waals surface area contributed by atoms with Crippen molar-refractivity contribution < 1.29 is 4.79 Å². The first-order chi connectivity index (χ1) is 8.95. The van der Waals surface area contributed by atoms with Crippen molar-refractivity contribution in [1.29, 1.82) is 0 Å². The summed E-state index contributed by atoms with van der Waals surface area (Å²) in [6.45, 7) is 9.03. The highest BCUT2D eigenvalue weighted by Gasteiger charge is 2.16. The van der Waals surface area contributed by atoms with Crippen molar-refractivity contribution >= 4 is 17.4 Å². The Labute approximate surface area is 118 Å². The topological polar surface area (TPSA) is 39.8 Å². The smallest absolute Gasteiger partial charge is 0.186 e. The van der Waals surface area contributed by atoms with E-state index in [0.29, 0.717) is 5.02 Å². The molecule has 2 aromatic heterocycles. The number of ketones is 1. The lowest BCUT2D eigenvalue weighted by Crippen LogP contribution is -2.13. The average molecular weight is 280 g/mol. The number of hydrogen-bond donors (Lipinski definition) is 0. The Morgan fingerprint density at radius 1 is 1.32 bits per heavy atom. The molecule has 2 rings (SSSR count). The second kappa shape index (κ2) is 5.21. The van der Waals surface area contributed by atoms with Crippen LogP contribution in [0.1, 0.15) is 34.4 Å². The average Bonchev–Trinajstić information content (AvgIpc) is 2.83. The zero-order valence-corrected chi connectivity index (χ0v) is 12.5. The van der Waals surface area contributed by atoms with Crippen molar-refractivity contribution in [2.45, 2.75) is 40.8 Å². The van der Waals surface area contributed by atoms with Gasteiger partial charge in [-0.2, -0.15) is 5.10 Å². The molecule has 0 fully saturated rings. The van der Waals surface area contributed by atoms with E-state index in [-0.39, 0.29) is 12.3 Å². The minimum Gasteiger partial charge on any atom is -0.349 e. The first-order valence-corrected chi connectivity index (χ1v) is 6.71. The lowest BCUT2D eigenvalue weighted by molar-refractivity contribution is 0.0966. The predicted octanol–water partition coefficient (Wildman–Crippen LogP) is 3.17. The zero-order chi connectivity index (χ0) is 14.2. The SMILES string of the molecule is CCn1c(C)cc(C(=O)Cn2ncc(Cl)c2C)c1C. The van der Waals surface area contributed by atoms with Crippen LogP contribution >= 0.6 is 11.6 Å². The lowest BCUT2D eigenvalue weighted by Gasteiger charge is -2.06. The molecular weight excluding hydrogens is 262 g/mol. The molecule has 0 saturated heterocycles. The van der Waals surface area contributed by atoms with Gasteiger partial charge >= 0.3 is 0 Å². The fourth-order valence-electron chi connectivity index (χ4n) is 2.37. The Balaban J connectivity index is 2.28. The number of halogens is 1. The second-order valence-electron chi connectivity index (χ2n) is 4.69. The first-order valence-electron chi connectivity index (χ1n) is 6.33. The monoisotopic (exact) mass is 279 g/mol. The van der Waals surface area contributed by atoms with E-state index < -0.39 is 0 Å². The van der Waals surface area contributed by atoms with E-state index in [1.54, 1.807) is 10.9 Å². The molecule has 0 amide bonds. The molecule has 102 valence electrons. The minimum atomic E-state index is 0.0654. The summed E-state index contributed by atoms with van der Waals surface area (Å²) < 4.78 is 3.78. The molecule has 4 nitrogen and oxygen atoms in total. The maximum absolute atomic E-state index is 12.4. The van der Waals surface area contributed by atoms with E-state index in [2.05, 4.69) is 16.6 Å². The summed E-state index contributed by atoms with van der Waals surface area (Å²) in [6.07, 6.45) is 1.57. The highest BCUT2D eigenvalue weighted by Crippen LogP contribution is 2.18. The Morgan fingerprint density at radius 3 is 2.47 bits per heavy atom. The van der Waals surface area contributed by atoms with Crippen LogP contribution in [0.25, 0.3) is 0 Å². The molecule has 0 saturated carbocycles. The van der Waals surface area contributed by atoms with E-state index in [4.69, 9.17) is 11.6 Å². The minimum absolute atomic E-state index is 0.0654. The van der Waals surface area contributed by atoms with Gasteiger partial charge in [0.15, 0.2) is 5.78 Å². The van der Waals surface area contributed by atoms with E-state index in [9.17, 15) is 4.79 Å². The van der Waals surface area contributed by atoms with Gasteiger partial charge in [-0.1, -0.05) is 11.6 Å². The molecule has 19 heavy (non-hydrogen) atoms. The van der Waals surface area contributed by atoms with E-state index >= 15 is 0 Å². The molecule has 5 heteroatoms. The summed E-state index contributed by atoms with van der Waals surface area (Å²) >= 11 is 5.94. The Kier molecular flexibility index (Phi) is 3.80. The van der Waals surface area contributed by atoms with Crippen LogP contribution in [0.5, 0.6) is 0 Å². The molecule has 2 heterocycles.